The van der Waals surface area contributed by atoms with Gasteiger partial charge < -0.3 is 9.47 Å². The second-order valence-electron chi connectivity index (χ2n) is 8.95. The van der Waals surface area contributed by atoms with Gasteiger partial charge in [0.25, 0.3) is 0 Å². The smallest absolute Gasteiger partial charge is 0.320 e. The van der Waals surface area contributed by atoms with Crippen molar-refractivity contribution in [2.75, 3.05) is 0 Å². The molecule has 0 saturated carbocycles. The number of rotatable bonds is 8. The van der Waals surface area contributed by atoms with Gasteiger partial charge in [0.1, 0.15) is 11.2 Å². The molecule has 152 valence electrons. The molecule has 0 aliphatic heterocycles. The molecule has 27 heavy (non-hydrogen) atoms. The van der Waals surface area contributed by atoms with E-state index >= 15 is 0 Å². The number of unbranched alkanes of at least 4 members (excludes halogenated alkanes) is 2. The van der Waals surface area contributed by atoms with Gasteiger partial charge >= 0.3 is 11.9 Å². The number of hydrogen-bond acceptors (Lipinski definition) is 6. The lowest BCUT2D eigenvalue weighted by Crippen LogP contribution is -2.36. The van der Waals surface area contributed by atoms with Crippen LogP contribution in [0.2, 0.25) is 0 Å². The molecule has 0 spiro atoms. The molecule has 0 aromatic rings. The highest BCUT2D eigenvalue weighted by Crippen LogP contribution is 2.23. The maximum absolute atomic E-state index is 12.4. The third-order valence-corrected chi connectivity index (χ3v) is 3.97. The minimum atomic E-state index is -0.972. The van der Waals surface area contributed by atoms with Crippen molar-refractivity contribution in [3.8, 4) is 0 Å². The molecule has 0 amide bonds. The van der Waals surface area contributed by atoms with Crippen LogP contribution in [0, 0.1) is 11.8 Å². The molecule has 0 aromatic heterocycles. The Bertz CT molecular complexity index is 557. The first-order valence-electron chi connectivity index (χ1n) is 9.51. The second kappa shape index (κ2) is 9.29. The largest absolute Gasteiger partial charge is 0.459 e. The number of esters is 2. The lowest BCUT2D eigenvalue weighted by Gasteiger charge is -2.26. The van der Waals surface area contributed by atoms with E-state index in [2.05, 4.69) is 0 Å². The zero-order valence-corrected chi connectivity index (χ0v) is 17.3. The fourth-order valence-electron chi connectivity index (χ4n) is 2.77. The molecule has 0 bridgehead atoms. The van der Waals surface area contributed by atoms with Crippen LogP contribution >= 0.6 is 0 Å². The molecule has 6 heteroatoms. The van der Waals surface area contributed by atoms with E-state index < -0.39 is 35.0 Å². The Hall–Kier alpha value is -1.98. The highest BCUT2D eigenvalue weighted by molar-refractivity contribution is 6.18. The monoisotopic (exact) mass is 380 g/mol. The number of carbonyl (C=O) groups is 4. The van der Waals surface area contributed by atoms with Crippen LogP contribution in [0.25, 0.3) is 0 Å². The Morgan fingerprint density at radius 2 is 1.30 bits per heavy atom. The van der Waals surface area contributed by atoms with Crippen molar-refractivity contribution in [1.82, 2.24) is 0 Å². The molecule has 0 radical (unpaired) electrons. The standard InChI is InChI=1S/C21H32O6/c1-20(2,3)26-18(24)15(19(25)27-21(4,5)6)11-9-7-8-10-14-16(22)12-13-17(14)23/h12-15H,7-11H2,1-6H3. The summed E-state index contributed by atoms with van der Waals surface area (Å²) >= 11 is 0. The second-order valence-corrected chi connectivity index (χ2v) is 8.95. The molecule has 0 atom stereocenters. The van der Waals surface area contributed by atoms with Gasteiger partial charge in [-0.25, -0.2) is 0 Å². The molecule has 0 fully saturated rings. The van der Waals surface area contributed by atoms with Crippen LogP contribution in [0.5, 0.6) is 0 Å². The van der Waals surface area contributed by atoms with Crippen molar-refractivity contribution in [2.24, 2.45) is 11.8 Å². The zero-order chi connectivity index (χ0) is 20.8. The lowest BCUT2D eigenvalue weighted by atomic mass is 9.95. The van der Waals surface area contributed by atoms with Gasteiger partial charge in [-0.3, -0.25) is 19.2 Å². The van der Waals surface area contributed by atoms with Crippen molar-refractivity contribution in [3.63, 3.8) is 0 Å². The molecule has 0 heterocycles. The summed E-state index contributed by atoms with van der Waals surface area (Å²) in [4.78, 5) is 48.0. The molecule has 0 aromatic carbocycles. The summed E-state index contributed by atoms with van der Waals surface area (Å²) < 4.78 is 10.7. The number of carbonyl (C=O) groups excluding carboxylic acids is 4. The van der Waals surface area contributed by atoms with Crippen molar-refractivity contribution < 1.29 is 28.7 Å². The first-order valence-corrected chi connectivity index (χ1v) is 9.51. The summed E-state index contributed by atoms with van der Waals surface area (Å²) in [6, 6.07) is 0. The molecule has 1 rings (SSSR count). The van der Waals surface area contributed by atoms with Gasteiger partial charge in [-0.1, -0.05) is 19.3 Å². The quantitative estimate of drug-likeness (QED) is 0.363. The van der Waals surface area contributed by atoms with Gasteiger partial charge in [0, 0.05) is 0 Å². The third-order valence-electron chi connectivity index (χ3n) is 3.97. The minimum absolute atomic E-state index is 0.139. The summed E-state index contributed by atoms with van der Waals surface area (Å²) in [6.07, 6.45) is 5.45. The van der Waals surface area contributed by atoms with E-state index in [1.807, 2.05) is 0 Å². The highest BCUT2D eigenvalue weighted by atomic mass is 16.6. The zero-order valence-electron chi connectivity index (χ0n) is 17.3. The number of allylic oxidation sites excluding steroid dienone is 2. The Kier molecular flexibility index (Phi) is 7.93. The van der Waals surface area contributed by atoms with E-state index in [0.29, 0.717) is 32.1 Å². The number of hydrogen-bond donors (Lipinski definition) is 0. The first kappa shape index (κ1) is 23.1. The fraction of sp³-hybridized carbons (Fsp3) is 0.714. The lowest BCUT2D eigenvalue weighted by molar-refractivity contribution is -0.174. The van der Waals surface area contributed by atoms with E-state index in [1.54, 1.807) is 41.5 Å². The Balaban J connectivity index is 2.55. The number of ketones is 2. The highest BCUT2D eigenvalue weighted by Gasteiger charge is 2.34. The summed E-state index contributed by atoms with van der Waals surface area (Å²) in [5.41, 5.74) is -1.37. The van der Waals surface area contributed by atoms with E-state index in [0.717, 1.165) is 0 Å². The molecule has 1 aliphatic rings. The maximum Gasteiger partial charge on any atom is 0.320 e. The average Bonchev–Trinajstić information content (AvgIpc) is 2.78. The maximum atomic E-state index is 12.4. The van der Waals surface area contributed by atoms with E-state index in [9.17, 15) is 19.2 Å². The van der Waals surface area contributed by atoms with Crippen LogP contribution < -0.4 is 0 Å². The molecule has 1 aliphatic carbocycles. The predicted molar refractivity (Wildman–Crippen MR) is 101 cm³/mol. The molecule has 0 unspecified atom stereocenters. The summed E-state index contributed by atoms with van der Waals surface area (Å²) in [5, 5.41) is 0. The third kappa shape index (κ3) is 8.50. The average molecular weight is 380 g/mol. The van der Waals surface area contributed by atoms with Crippen LogP contribution in [0.3, 0.4) is 0 Å². The molecular weight excluding hydrogens is 348 g/mol. The van der Waals surface area contributed by atoms with Crippen molar-refractivity contribution >= 4 is 23.5 Å². The van der Waals surface area contributed by atoms with Gasteiger partial charge in [-0.15, -0.1) is 0 Å². The van der Waals surface area contributed by atoms with E-state index in [4.69, 9.17) is 9.47 Å². The van der Waals surface area contributed by atoms with Gasteiger partial charge in [-0.05, 0) is 66.5 Å². The van der Waals surface area contributed by atoms with Gasteiger partial charge in [0.2, 0.25) is 0 Å². The molecule has 6 nitrogen and oxygen atoms in total. The number of ether oxygens (including phenoxy) is 2. The summed E-state index contributed by atoms with van der Waals surface area (Å²) in [5.74, 6) is -2.97. The topological polar surface area (TPSA) is 86.7 Å². The van der Waals surface area contributed by atoms with Crippen molar-refractivity contribution in [2.45, 2.75) is 84.8 Å². The van der Waals surface area contributed by atoms with Crippen LogP contribution in [0.1, 0.15) is 73.6 Å². The molecule has 0 N–H and O–H groups in total. The van der Waals surface area contributed by atoms with Crippen LogP contribution in [-0.4, -0.2) is 34.7 Å². The Labute approximate surface area is 161 Å². The van der Waals surface area contributed by atoms with Crippen molar-refractivity contribution in [3.05, 3.63) is 12.2 Å². The Morgan fingerprint density at radius 3 is 1.70 bits per heavy atom. The Morgan fingerprint density at radius 1 is 0.852 bits per heavy atom. The van der Waals surface area contributed by atoms with Gasteiger partial charge in [0.05, 0.1) is 5.92 Å². The van der Waals surface area contributed by atoms with Gasteiger partial charge in [-0.2, -0.15) is 0 Å². The summed E-state index contributed by atoms with van der Waals surface area (Å²) in [7, 11) is 0. The molecule has 0 saturated heterocycles. The van der Waals surface area contributed by atoms with Crippen LogP contribution in [0.15, 0.2) is 12.2 Å². The van der Waals surface area contributed by atoms with Crippen molar-refractivity contribution in [1.29, 1.82) is 0 Å². The van der Waals surface area contributed by atoms with E-state index in [1.165, 1.54) is 12.2 Å². The predicted octanol–water partition coefficient (Wildman–Crippen LogP) is 3.56. The van der Waals surface area contributed by atoms with E-state index in [-0.39, 0.29) is 11.6 Å². The SMILES string of the molecule is CC(C)(C)OC(=O)C(CCCCCC1C(=O)C=CC1=O)C(=O)OC(C)(C)C. The van der Waals surface area contributed by atoms with Crippen LogP contribution in [-0.2, 0) is 28.7 Å². The summed E-state index contributed by atoms with van der Waals surface area (Å²) in [6.45, 7) is 10.5. The van der Waals surface area contributed by atoms with Gasteiger partial charge in [0.15, 0.2) is 17.5 Å². The molecular formula is C21H32O6. The van der Waals surface area contributed by atoms with Crippen LogP contribution in [0.4, 0.5) is 0 Å². The minimum Gasteiger partial charge on any atom is -0.459 e. The first-order chi connectivity index (χ1) is 12.3. The fourth-order valence-corrected chi connectivity index (χ4v) is 2.77. The normalized spacial score (nSPS) is 15.5.